The van der Waals surface area contributed by atoms with E-state index in [1.54, 1.807) is 12.1 Å². The van der Waals surface area contributed by atoms with Gasteiger partial charge in [0.15, 0.2) is 0 Å². The molecule has 0 amide bonds. The summed E-state index contributed by atoms with van der Waals surface area (Å²) in [5.41, 5.74) is 0.904. The Kier molecular flexibility index (Phi) is 5.00. The van der Waals surface area contributed by atoms with Crippen molar-refractivity contribution in [3.8, 4) is 5.75 Å². The van der Waals surface area contributed by atoms with Crippen LogP contribution in [0.3, 0.4) is 0 Å². The first-order valence-corrected chi connectivity index (χ1v) is 6.89. The highest BCUT2D eigenvalue weighted by atomic mass is 19.1. The van der Waals surface area contributed by atoms with Crippen molar-refractivity contribution < 1.29 is 9.13 Å². The molecule has 0 saturated heterocycles. The first-order valence-electron chi connectivity index (χ1n) is 6.89. The van der Waals surface area contributed by atoms with Gasteiger partial charge in [-0.2, -0.15) is 0 Å². The molecule has 0 aromatic heterocycles. The van der Waals surface area contributed by atoms with Crippen molar-refractivity contribution in [2.75, 3.05) is 7.05 Å². The normalized spacial score (nSPS) is 17.4. The largest absolute Gasteiger partial charge is 0.490 e. The van der Waals surface area contributed by atoms with Gasteiger partial charge in [0, 0.05) is 12.1 Å². The average molecular weight is 251 g/mol. The molecule has 18 heavy (non-hydrogen) atoms. The number of benzene rings is 1. The second-order valence-electron chi connectivity index (χ2n) is 5.01. The van der Waals surface area contributed by atoms with E-state index in [-0.39, 0.29) is 5.82 Å². The minimum Gasteiger partial charge on any atom is -0.490 e. The molecule has 0 atom stereocenters. The summed E-state index contributed by atoms with van der Waals surface area (Å²) >= 11 is 0. The fourth-order valence-corrected chi connectivity index (χ4v) is 2.53. The van der Waals surface area contributed by atoms with Gasteiger partial charge in [0.05, 0.1) is 6.10 Å². The maximum absolute atomic E-state index is 13.2. The van der Waals surface area contributed by atoms with Crippen LogP contribution in [0.25, 0.3) is 0 Å². The van der Waals surface area contributed by atoms with Crippen LogP contribution in [-0.4, -0.2) is 13.2 Å². The van der Waals surface area contributed by atoms with E-state index in [1.807, 2.05) is 7.05 Å². The van der Waals surface area contributed by atoms with E-state index in [0.29, 0.717) is 12.6 Å². The van der Waals surface area contributed by atoms with Crippen molar-refractivity contribution in [2.45, 2.75) is 51.2 Å². The van der Waals surface area contributed by atoms with Crippen LogP contribution in [0.5, 0.6) is 5.75 Å². The van der Waals surface area contributed by atoms with Gasteiger partial charge in [-0.05, 0) is 50.9 Å². The van der Waals surface area contributed by atoms with E-state index in [9.17, 15) is 4.39 Å². The molecule has 2 rings (SSSR count). The fraction of sp³-hybridized carbons (Fsp3) is 0.600. The van der Waals surface area contributed by atoms with Crippen molar-refractivity contribution >= 4 is 0 Å². The molecule has 1 fully saturated rings. The summed E-state index contributed by atoms with van der Waals surface area (Å²) < 4.78 is 19.3. The average Bonchev–Trinajstić information content (AvgIpc) is 2.61. The highest BCUT2D eigenvalue weighted by Gasteiger charge is 2.15. The van der Waals surface area contributed by atoms with E-state index in [4.69, 9.17) is 4.74 Å². The molecule has 0 radical (unpaired) electrons. The number of nitrogens with one attached hydrogen (secondary N) is 1. The molecule has 0 spiro atoms. The first kappa shape index (κ1) is 13.3. The van der Waals surface area contributed by atoms with Crippen LogP contribution in [0.15, 0.2) is 18.2 Å². The predicted octanol–water partition coefficient (Wildman–Crippen LogP) is 3.65. The lowest BCUT2D eigenvalue weighted by Gasteiger charge is -2.19. The quantitative estimate of drug-likeness (QED) is 0.825. The molecule has 1 aromatic rings. The van der Waals surface area contributed by atoms with Crippen LogP contribution in [0.1, 0.15) is 44.1 Å². The summed E-state index contributed by atoms with van der Waals surface area (Å²) in [7, 11) is 1.86. The summed E-state index contributed by atoms with van der Waals surface area (Å²) in [6.07, 6.45) is 7.65. The Morgan fingerprint density at radius 2 is 1.94 bits per heavy atom. The lowest BCUT2D eigenvalue weighted by molar-refractivity contribution is 0.181. The summed E-state index contributed by atoms with van der Waals surface area (Å²) in [4.78, 5) is 0. The Morgan fingerprint density at radius 1 is 1.22 bits per heavy atom. The van der Waals surface area contributed by atoms with Crippen molar-refractivity contribution in [3.63, 3.8) is 0 Å². The van der Waals surface area contributed by atoms with Crippen molar-refractivity contribution in [1.82, 2.24) is 5.32 Å². The number of hydrogen-bond acceptors (Lipinski definition) is 2. The van der Waals surface area contributed by atoms with Crippen molar-refractivity contribution in [1.29, 1.82) is 0 Å². The standard InChI is InChI=1S/C15H22FNO/c1-17-11-12-10-13(16)8-9-15(12)18-14-6-4-2-3-5-7-14/h8-10,14,17H,2-7,11H2,1H3. The SMILES string of the molecule is CNCc1cc(F)ccc1OC1CCCCCC1. The lowest BCUT2D eigenvalue weighted by atomic mass is 10.1. The summed E-state index contributed by atoms with van der Waals surface area (Å²) in [5.74, 6) is 0.631. The van der Waals surface area contributed by atoms with Crippen LogP contribution < -0.4 is 10.1 Å². The lowest BCUT2D eigenvalue weighted by Crippen LogP contribution is -2.17. The topological polar surface area (TPSA) is 21.3 Å². The molecule has 0 unspecified atom stereocenters. The second kappa shape index (κ2) is 6.74. The van der Waals surface area contributed by atoms with Gasteiger partial charge in [0.25, 0.3) is 0 Å². The van der Waals surface area contributed by atoms with Crippen LogP contribution >= 0.6 is 0 Å². The van der Waals surface area contributed by atoms with Gasteiger partial charge < -0.3 is 10.1 Å². The summed E-state index contributed by atoms with van der Waals surface area (Å²) in [6, 6.07) is 4.79. The molecular formula is C15H22FNO. The highest BCUT2D eigenvalue weighted by molar-refractivity contribution is 5.34. The Balaban J connectivity index is 2.06. The molecule has 1 aliphatic rings. The van der Waals surface area contributed by atoms with Gasteiger partial charge in [-0.15, -0.1) is 0 Å². The van der Waals surface area contributed by atoms with Gasteiger partial charge in [-0.3, -0.25) is 0 Å². The van der Waals surface area contributed by atoms with E-state index >= 15 is 0 Å². The molecule has 1 aliphatic carbocycles. The Morgan fingerprint density at radius 3 is 2.61 bits per heavy atom. The van der Waals surface area contributed by atoms with Gasteiger partial charge in [-0.25, -0.2) is 4.39 Å². The van der Waals surface area contributed by atoms with Crippen LogP contribution in [-0.2, 0) is 6.54 Å². The monoisotopic (exact) mass is 251 g/mol. The van der Waals surface area contributed by atoms with Crippen LogP contribution in [0.2, 0.25) is 0 Å². The number of hydrogen-bond donors (Lipinski definition) is 1. The third kappa shape index (κ3) is 3.70. The number of rotatable bonds is 4. The van der Waals surface area contributed by atoms with E-state index in [0.717, 1.165) is 24.2 Å². The van der Waals surface area contributed by atoms with Crippen molar-refractivity contribution in [2.24, 2.45) is 0 Å². The predicted molar refractivity (Wildman–Crippen MR) is 71.3 cm³/mol. The van der Waals surface area contributed by atoms with Crippen LogP contribution in [0.4, 0.5) is 4.39 Å². The molecule has 0 heterocycles. The zero-order valence-electron chi connectivity index (χ0n) is 11.0. The molecule has 100 valence electrons. The maximum Gasteiger partial charge on any atom is 0.124 e. The van der Waals surface area contributed by atoms with Gasteiger partial charge in [-0.1, -0.05) is 12.8 Å². The molecule has 0 bridgehead atoms. The van der Waals surface area contributed by atoms with E-state index in [1.165, 1.54) is 31.7 Å². The molecule has 1 aromatic carbocycles. The minimum atomic E-state index is -0.200. The van der Waals surface area contributed by atoms with E-state index < -0.39 is 0 Å². The first-order chi connectivity index (χ1) is 8.79. The minimum absolute atomic E-state index is 0.200. The maximum atomic E-state index is 13.2. The second-order valence-corrected chi connectivity index (χ2v) is 5.01. The zero-order chi connectivity index (χ0) is 12.8. The number of ether oxygens (including phenoxy) is 1. The smallest absolute Gasteiger partial charge is 0.124 e. The molecule has 1 N–H and O–H groups in total. The van der Waals surface area contributed by atoms with Gasteiger partial charge in [0.1, 0.15) is 11.6 Å². The van der Waals surface area contributed by atoms with Gasteiger partial charge in [0.2, 0.25) is 0 Å². The number of halogens is 1. The molecule has 2 nitrogen and oxygen atoms in total. The highest BCUT2D eigenvalue weighted by Crippen LogP contribution is 2.26. The Hall–Kier alpha value is -1.09. The third-order valence-electron chi connectivity index (χ3n) is 3.49. The Bertz CT molecular complexity index is 373. The van der Waals surface area contributed by atoms with Crippen LogP contribution in [0, 0.1) is 5.82 Å². The Labute approximate surface area is 109 Å². The molecule has 1 saturated carbocycles. The fourth-order valence-electron chi connectivity index (χ4n) is 2.53. The molecular weight excluding hydrogens is 229 g/mol. The van der Waals surface area contributed by atoms with Crippen molar-refractivity contribution in [3.05, 3.63) is 29.6 Å². The third-order valence-corrected chi connectivity index (χ3v) is 3.49. The summed E-state index contributed by atoms with van der Waals surface area (Å²) in [5, 5.41) is 3.05. The van der Waals surface area contributed by atoms with E-state index in [2.05, 4.69) is 5.32 Å². The zero-order valence-corrected chi connectivity index (χ0v) is 11.0. The molecule has 0 aliphatic heterocycles. The molecule has 3 heteroatoms. The van der Waals surface area contributed by atoms with Gasteiger partial charge >= 0.3 is 0 Å². The summed E-state index contributed by atoms with van der Waals surface area (Å²) in [6.45, 7) is 0.639.